The van der Waals surface area contributed by atoms with Gasteiger partial charge in [-0.05, 0) is 109 Å². The van der Waals surface area contributed by atoms with Gasteiger partial charge in [0.15, 0.2) is 0 Å². The predicted molar refractivity (Wildman–Crippen MR) is 134 cm³/mol. The lowest BCUT2D eigenvalue weighted by molar-refractivity contribution is -0.0854. The smallest absolute Gasteiger partial charge is 0.0603 e. The quantitative estimate of drug-likeness (QED) is 0.453. The third-order valence-electron chi connectivity index (χ3n) is 11.3. The lowest BCUT2D eigenvalue weighted by Crippen LogP contribution is -2.54. The predicted octanol–water partition coefficient (Wildman–Crippen LogP) is 7.23. The summed E-state index contributed by atoms with van der Waals surface area (Å²) in [5, 5.41) is 21.8. The molecule has 180 valence electrons. The Kier molecular flexibility index (Phi) is 5.95. The van der Waals surface area contributed by atoms with Gasteiger partial charge >= 0.3 is 0 Å². The van der Waals surface area contributed by atoms with Gasteiger partial charge in [-0.25, -0.2) is 0 Å². The molecule has 0 aliphatic heterocycles. The van der Waals surface area contributed by atoms with E-state index in [4.69, 9.17) is 0 Å². The summed E-state index contributed by atoms with van der Waals surface area (Å²) in [4.78, 5) is 0. The molecule has 2 heteroatoms. The van der Waals surface area contributed by atoms with Gasteiger partial charge in [0.05, 0.1) is 12.2 Å². The Labute approximate surface area is 197 Å². The lowest BCUT2D eigenvalue weighted by Gasteiger charge is -2.61. The molecule has 0 aromatic heterocycles. The highest BCUT2D eigenvalue weighted by Crippen LogP contribution is 2.71. The van der Waals surface area contributed by atoms with Crippen LogP contribution < -0.4 is 0 Å². The normalized spacial score (nSPS) is 44.4. The summed E-state index contributed by atoms with van der Waals surface area (Å²) in [6.45, 7) is 18.7. The molecule has 2 fully saturated rings. The Morgan fingerprint density at radius 3 is 2.41 bits per heavy atom. The Bertz CT molecular complexity index is 843. The number of aliphatic hydroxyl groups excluding tert-OH is 2. The fourth-order valence-corrected chi connectivity index (χ4v) is 8.71. The molecule has 0 heterocycles. The standard InChI is InChI=1S/C30H48O2/c1-19(2)9-11-24(31)20(3)21-13-17-30(8)23-10-12-25-27(4,5)26(32)15-16-28(25,6)22(23)14-18-29(21,30)7/h9-10,14,20-21,24-26,31-32H,11-13,15-18H2,1-8H3/t20-,21+,24?,25-,26-,28+,29+,30-/m0/s1. The molecule has 0 radical (unpaired) electrons. The van der Waals surface area contributed by atoms with Crippen LogP contribution in [0.3, 0.4) is 0 Å². The zero-order chi connectivity index (χ0) is 23.7. The van der Waals surface area contributed by atoms with Crippen molar-refractivity contribution in [2.45, 2.75) is 113 Å². The van der Waals surface area contributed by atoms with Crippen molar-refractivity contribution in [2.24, 2.45) is 39.4 Å². The minimum atomic E-state index is -0.262. The third kappa shape index (κ3) is 3.26. The monoisotopic (exact) mass is 440 g/mol. The molecule has 4 rings (SSSR count). The summed E-state index contributed by atoms with van der Waals surface area (Å²) in [6, 6.07) is 0. The molecule has 4 aliphatic carbocycles. The van der Waals surface area contributed by atoms with Gasteiger partial charge in [-0.3, -0.25) is 0 Å². The number of allylic oxidation sites excluding steroid dienone is 5. The van der Waals surface area contributed by atoms with Gasteiger partial charge < -0.3 is 10.2 Å². The maximum absolute atomic E-state index is 11.0. The number of hydrogen-bond acceptors (Lipinski definition) is 2. The van der Waals surface area contributed by atoms with Crippen LogP contribution in [-0.2, 0) is 0 Å². The van der Waals surface area contributed by atoms with Crippen LogP contribution in [0.15, 0.2) is 34.9 Å². The van der Waals surface area contributed by atoms with Crippen molar-refractivity contribution in [3.05, 3.63) is 34.9 Å². The van der Waals surface area contributed by atoms with Crippen molar-refractivity contribution in [3.8, 4) is 0 Å². The van der Waals surface area contributed by atoms with Crippen LogP contribution in [0.4, 0.5) is 0 Å². The minimum absolute atomic E-state index is 0.0424. The van der Waals surface area contributed by atoms with E-state index in [0.717, 1.165) is 32.1 Å². The fourth-order valence-electron chi connectivity index (χ4n) is 8.71. The van der Waals surface area contributed by atoms with E-state index in [9.17, 15) is 10.2 Å². The maximum Gasteiger partial charge on any atom is 0.0603 e. The van der Waals surface area contributed by atoms with Crippen molar-refractivity contribution in [1.29, 1.82) is 0 Å². The van der Waals surface area contributed by atoms with Crippen LogP contribution in [0.2, 0.25) is 0 Å². The molecule has 4 aliphatic rings. The van der Waals surface area contributed by atoms with E-state index >= 15 is 0 Å². The zero-order valence-electron chi connectivity index (χ0n) is 22.0. The van der Waals surface area contributed by atoms with E-state index in [1.807, 2.05) is 0 Å². The number of fused-ring (bicyclic) bond motifs is 5. The van der Waals surface area contributed by atoms with E-state index in [2.05, 4.69) is 73.6 Å². The minimum Gasteiger partial charge on any atom is -0.393 e. The van der Waals surface area contributed by atoms with Gasteiger partial charge in [0, 0.05) is 0 Å². The summed E-state index contributed by atoms with van der Waals surface area (Å²) < 4.78 is 0. The van der Waals surface area contributed by atoms with Gasteiger partial charge in [0.25, 0.3) is 0 Å². The third-order valence-corrected chi connectivity index (χ3v) is 11.3. The molecule has 0 spiro atoms. The van der Waals surface area contributed by atoms with Gasteiger partial charge in [0.1, 0.15) is 0 Å². The Hall–Kier alpha value is -0.860. The number of aliphatic hydroxyl groups is 2. The van der Waals surface area contributed by atoms with E-state index in [1.165, 1.54) is 18.4 Å². The molecule has 32 heavy (non-hydrogen) atoms. The van der Waals surface area contributed by atoms with Crippen LogP contribution in [0.5, 0.6) is 0 Å². The van der Waals surface area contributed by atoms with Gasteiger partial charge in [0.2, 0.25) is 0 Å². The molecule has 0 amide bonds. The van der Waals surface area contributed by atoms with E-state index < -0.39 is 0 Å². The van der Waals surface area contributed by atoms with E-state index in [0.29, 0.717) is 17.8 Å². The van der Waals surface area contributed by atoms with Crippen molar-refractivity contribution >= 4 is 0 Å². The topological polar surface area (TPSA) is 40.5 Å². The molecule has 2 saturated carbocycles. The van der Waals surface area contributed by atoms with Crippen molar-refractivity contribution in [3.63, 3.8) is 0 Å². The SMILES string of the molecule is CC(C)=CCC(O)[C@@H](C)[C@H]1CC[C@@]2(C)C3=CC[C@H]4C(C)(C)[C@@H](O)CC[C@]4(C)C3=CC[C@]12C. The summed E-state index contributed by atoms with van der Waals surface area (Å²) in [6.07, 6.45) is 14.3. The molecule has 0 aromatic rings. The number of hydrogen-bond donors (Lipinski definition) is 2. The fraction of sp³-hybridized carbons (Fsp3) is 0.800. The molecule has 8 atom stereocenters. The molecular weight excluding hydrogens is 392 g/mol. The van der Waals surface area contributed by atoms with Gasteiger partial charge in [-0.1, -0.05) is 65.3 Å². The second-order valence-electron chi connectivity index (χ2n) is 13.4. The van der Waals surface area contributed by atoms with Crippen LogP contribution in [0.1, 0.15) is 100 Å². The Morgan fingerprint density at radius 1 is 1.06 bits per heavy atom. The largest absolute Gasteiger partial charge is 0.393 e. The van der Waals surface area contributed by atoms with Crippen LogP contribution in [-0.4, -0.2) is 22.4 Å². The highest BCUT2D eigenvalue weighted by atomic mass is 16.3. The number of rotatable bonds is 4. The average Bonchev–Trinajstić information content (AvgIpc) is 3.00. The second-order valence-corrected chi connectivity index (χ2v) is 13.4. The van der Waals surface area contributed by atoms with Crippen LogP contribution in [0, 0.1) is 39.4 Å². The molecule has 0 saturated heterocycles. The van der Waals surface area contributed by atoms with E-state index in [1.54, 1.807) is 11.1 Å². The maximum atomic E-state index is 11.0. The molecule has 1 unspecified atom stereocenters. The van der Waals surface area contributed by atoms with Gasteiger partial charge in [-0.15, -0.1) is 0 Å². The second kappa shape index (κ2) is 7.84. The molecule has 0 bridgehead atoms. The first kappa shape index (κ1) is 24.3. The van der Waals surface area contributed by atoms with Crippen LogP contribution in [0.25, 0.3) is 0 Å². The first-order chi connectivity index (χ1) is 14.8. The van der Waals surface area contributed by atoms with E-state index in [-0.39, 0.29) is 33.9 Å². The lowest BCUT2D eigenvalue weighted by atomic mass is 9.44. The summed E-state index contributed by atoms with van der Waals surface area (Å²) >= 11 is 0. The highest BCUT2D eigenvalue weighted by molar-refractivity contribution is 5.49. The van der Waals surface area contributed by atoms with Crippen molar-refractivity contribution in [1.82, 2.24) is 0 Å². The summed E-state index contributed by atoms with van der Waals surface area (Å²) in [5.41, 5.74) is 5.02. The molecule has 2 N–H and O–H groups in total. The summed E-state index contributed by atoms with van der Waals surface area (Å²) in [5.74, 6) is 1.36. The molecule has 2 nitrogen and oxygen atoms in total. The zero-order valence-corrected chi connectivity index (χ0v) is 22.0. The first-order valence-electron chi connectivity index (χ1n) is 13.2. The first-order valence-corrected chi connectivity index (χ1v) is 13.2. The van der Waals surface area contributed by atoms with Crippen molar-refractivity contribution in [2.75, 3.05) is 0 Å². The Morgan fingerprint density at radius 2 is 1.75 bits per heavy atom. The highest BCUT2D eigenvalue weighted by Gasteiger charge is 2.63. The van der Waals surface area contributed by atoms with Crippen molar-refractivity contribution < 1.29 is 10.2 Å². The molecular formula is C30H48O2. The van der Waals surface area contributed by atoms with Crippen LogP contribution >= 0.6 is 0 Å². The molecule has 0 aromatic carbocycles. The Balaban J connectivity index is 1.68. The van der Waals surface area contributed by atoms with Gasteiger partial charge in [-0.2, -0.15) is 0 Å². The summed E-state index contributed by atoms with van der Waals surface area (Å²) in [7, 11) is 0. The average molecular weight is 441 g/mol.